The quantitative estimate of drug-likeness (QED) is 0.501. The lowest BCUT2D eigenvalue weighted by molar-refractivity contribution is 0.242. The van der Waals surface area contributed by atoms with Crippen LogP contribution in [0.5, 0.6) is 0 Å². The van der Waals surface area contributed by atoms with Crippen LogP contribution < -0.4 is 16.4 Å². The number of nitrogens with one attached hydrogen (secondary N) is 2. The Kier molecular flexibility index (Phi) is 5.40. The first-order chi connectivity index (χ1) is 5.95. The maximum atomic E-state index is 10.8. The first-order valence-electron chi connectivity index (χ1n) is 3.85. The summed E-state index contributed by atoms with van der Waals surface area (Å²) in [5.41, 5.74) is 5.14. The Hall–Kier alpha value is -0.820. The van der Waals surface area contributed by atoms with Crippen LogP contribution in [0.2, 0.25) is 0 Å². The molecule has 0 heterocycles. The molecule has 0 aliphatic heterocycles. The average Bonchev–Trinajstić information content (AvgIpc) is 1.98. The summed E-state index contributed by atoms with van der Waals surface area (Å²) in [7, 11) is -3.01. The molecule has 13 heavy (non-hydrogen) atoms. The third-order valence-electron chi connectivity index (χ3n) is 1.19. The molecular formula is C6H15N3O3S. The largest absolute Gasteiger partial charge is 0.337 e. The Bertz CT molecular complexity index is 250. The third kappa shape index (κ3) is 9.09. The molecule has 0 saturated carbocycles. The summed E-state index contributed by atoms with van der Waals surface area (Å²) in [6, 6.07) is -0.394. The Balaban J connectivity index is 3.49. The summed E-state index contributed by atoms with van der Waals surface area (Å²) in [4.78, 5) is 10.8. The molecule has 0 aliphatic carbocycles. The second-order valence-corrected chi connectivity index (χ2v) is 4.86. The fraction of sp³-hybridized carbons (Fsp3) is 0.833. The van der Waals surface area contributed by atoms with Gasteiger partial charge in [0.05, 0.1) is 5.75 Å². The molecule has 0 rings (SSSR count). The Labute approximate surface area is 77.8 Å². The van der Waals surface area contributed by atoms with E-state index >= 15 is 0 Å². The van der Waals surface area contributed by atoms with E-state index in [-0.39, 0.29) is 12.3 Å². The molecule has 0 unspecified atom stereocenters. The lowest BCUT2D eigenvalue weighted by atomic mass is 10.6. The van der Waals surface area contributed by atoms with E-state index in [1.807, 2.05) is 0 Å². The molecule has 0 bridgehead atoms. The van der Waals surface area contributed by atoms with Crippen molar-refractivity contribution in [2.45, 2.75) is 0 Å². The lowest BCUT2D eigenvalue weighted by Gasteiger charge is -2.04. The second kappa shape index (κ2) is 5.76. The Morgan fingerprint density at radius 1 is 1.31 bits per heavy atom. The minimum Gasteiger partial charge on any atom is -0.337 e. The van der Waals surface area contributed by atoms with Crippen LogP contribution in [-0.2, 0) is 9.84 Å². The summed E-state index contributed by atoms with van der Waals surface area (Å²) < 4.78 is 21.3. The molecule has 0 aromatic rings. The predicted molar refractivity (Wildman–Crippen MR) is 50.2 cm³/mol. The van der Waals surface area contributed by atoms with Crippen molar-refractivity contribution >= 4 is 15.9 Å². The summed E-state index contributed by atoms with van der Waals surface area (Å²) in [5, 5.41) is 4.84. The number of amides is 2. The number of rotatable bonds is 5. The molecule has 2 amide bonds. The van der Waals surface area contributed by atoms with Gasteiger partial charge in [-0.2, -0.15) is 0 Å². The van der Waals surface area contributed by atoms with E-state index in [1.54, 1.807) is 0 Å². The number of nitrogens with two attached hydrogens (primary N) is 1. The lowest BCUT2D eigenvalue weighted by Crippen LogP contribution is -2.40. The summed E-state index contributed by atoms with van der Waals surface area (Å²) >= 11 is 0. The zero-order valence-electron chi connectivity index (χ0n) is 7.54. The number of urea groups is 1. The van der Waals surface area contributed by atoms with E-state index in [1.165, 1.54) is 0 Å². The highest BCUT2D eigenvalue weighted by Gasteiger charge is 2.03. The monoisotopic (exact) mass is 209 g/mol. The maximum Gasteiger partial charge on any atom is 0.314 e. The van der Waals surface area contributed by atoms with Gasteiger partial charge in [0, 0.05) is 25.9 Å². The highest BCUT2D eigenvalue weighted by atomic mass is 32.2. The van der Waals surface area contributed by atoms with Gasteiger partial charge in [-0.05, 0) is 0 Å². The van der Waals surface area contributed by atoms with E-state index in [4.69, 9.17) is 5.73 Å². The first-order valence-corrected chi connectivity index (χ1v) is 5.91. The van der Waals surface area contributed by atoms with Gasteiger partial charge in [0.25, 0.3) is 0 Å². The van der Waals surface area contributed by atoms with Crippen LogP contribution in [0.15, 0.2) is 0 Å². The minimum absolute atomic E-state index is 0.0525. The molecule has 7 heteroatoms. The maximum absolute atomic E-state index is 10.8. The number of carbonyl (C=O) groups excluding carboxylic acids is 1. The van der Waals surface area contributed by atoms with E-state index in [0.29, 0.717) is 13.1 Å². The molecule has 4 N–H and O–H groups in total. The Morgan fingerprint density at radius 3 is 2.31 bits per heavy atom. The summed E-state index contributed by atoms with van der Waals surface area (Å²) in [5.74, 6) is -0.0525. The van der Waals surface area contributed by atoms with Crippen LogP contribution in [0, 0.1) is 0 Å². The van der Waals surface area contributed by atoms with Gasteiger partial charge in [-0.1, -0.05) is 0 Å². The molecule has 0 aromatic carbocycles. The first kappa shape index (κ1) is 12.2. The van der Waals surface area contributed by atoms with Crippen LogP contribution in [0.1, 0.15) is 0 Å². The number of sulfone groups is 1. The van der Waals surface area contributed by atoms with Crippen molar-refractivity contribution in [3.63, 3.8) is 0 Å². The van der Waals surface area contributed by atoms with E-state index in [9.17, 15) is 13.2 Å². The Morgan fingerprint density at radius 2 is 1.85 bits per heavy atom. The van der Waals surface area contributed by atoms with Crippen molar-refractivity contribution in [2.24, 2.45) is 5.73 Å². The molecule has 0 saturated heterocycles. The van der Waals surface area contributed by atoms with E-state index in [0.717, 1.165) is 6.26 Å². The van der Waals surface area contributed by atoms with Gasteiger partial charge in [0.2, 0.25) is 0 Å². The van der Waals surface area contributed by atoms with Crippen molar-refractivity contribution in [1.29, 1.82) is 0 Å². The van der Waals surface area contributed by atoms with Crippen molar-refractivity contribution < 1.29 is 13.2 Å². The van der Waals surface area contributed by atoms with Gasteiger partial charge < -0.3 is 16.4 Å². The average molecular weight is 209 g/mol. The van der Waals surface area contributed by atoms with Crippen LogP contribution in [0.3, 0.4) is 0 Å². The van der Waals surface area contributed by atoms with Gasteiger partial charge in [-0.3, -0.25) is 0 Å². The van der Waals surface area contributed by atoms with Gasteiger partial charge in [-0.25, -0.2) is 13.2 Å². The molecular weight excluding hydrogens is 194 g/mol. The number of hydrogen-bond donors (Lipinski definition) is 3. The molecule has 0 fully saturated rings. The predicted octanol–water partition coefficient (Wildman–Crippen LogP) is -1.71. The summed E-state index contributed by atoms with van der Waals surface area (Å²) in [6.07, 6.45) is 1.12. The fourth-order valence-electron chi connectivity index (χ4n) is 0.598. The van der Waals surface area contributed by atoms with Crippen molar-refractivity contribution in [1.82, 2.24) is 10.6 Å². The number of hydrogen-bond acceptors (Lipinski definition) is 4. The van der Waals surface area contributed by atoms with Gasteiger partial charge >= 0.3 is 6.03 Å². The van der Waals surface area contributed by atoms with Gasteiger partial charge in [-0.15, -0.1) is 0 Å². The third-order valence-corrected chi connectivity index (χ3v) is 2.13. The topological polar surface area (TPSA) is 101 Å². The summed E-state index contributed by atoms with van der Waals surface area (Å²) in [6.45, 7) is 0.861. The van der Waals surface area contributed by atoms with Crippen molar-refractivity contribution in [3.8, 4) is 0 Å². The van der Waals surface area contributed by atoms with Crippen molar-refractivity contribution in [2.75, 3.05) is 31.6 Å². The van der Waals surface area contributed by atoms with E-state index < -0.39 is 15.9 Å². The van der Waals surface area contributed by atoms with Crippen LogP contribution >= 0.6 is 0 Å². The highest BCUT2D eigenvalue weighted by molar-refractivity contribution is 7.90. The van der Waals surface area contributed by atoms with Crippen molar-refractivity contribution in [3.05, 3.63) is 0 Å². The molecule has 0 atom stereocenters. The SMILES string of the molecule is CS(=O)(=O)CCNC(=O)NCCN. The standard InChI is InChI=1S/C6H15N3O3S/c1-13(11,12)5-4-9-6(10)8-3-2-7/h2-5,7H2,1H3,(H2,8,9,10). The molecule has 78 valence electrons. The molecule has 0 aliphatic rings. The van der Waals surface area contributed by atoms with Gasteiger partial charge in [0.1, 0.15) is 9.84 Å². The highest BCUT2D eigenvalue weighted by Crippen LogP contribution is 1.79. The fourth-order valence-corrected chi connectivity index (χ4v) is 1.07. The molecule has 0 radical (unpaired) electrons. The molecule has 6 nitrogen and oxygen atoms in total. The van der Waals surface area contributed by atoms with Crippen LogP contribution in [0.25, 0.3) is 0 Å². The number of carbonyl (C=O) groups is 1. The normalized spacial score (nSPS) is 10.9. The zero-order valence-corrected chi connectivity index (χ0v) is 8.36. The van der Waals surface area contributed by atoms with Crippen LogP contribution in [0.4, 0.5) is 4.79 Å². The van der Waals surface area contributed by atoms with Crippen LogP contribution in [-0.4, -0.2) is 46.1 Å². The van der Waals surface area contributed by atoms with Gasteiger partial charge in [0.15, 0.2) is 0 Å². The second-order valence-electron chi connectivity index (χ2n) is 2.60. The molecule has 0 spiro atoms. The zero-order chi connectivity index (χ0) is 10.3. The molecule has 0 aromatic heterocycles. The smallest absolute Gasteiger partial charge is 0.314 e. The minimum atomic E-state index is -3.01. The van der Waals surface area contributed by atoms with E-state index in [2.05, 4.69) is 10.6 Å².